The molecule has 2 nitrogen and oxygen atoms in total. The van der Waals surface area contributed by atoms with Crippen LogP contribution in [0.4, 0.5) is 0 Å². The normalized spacial score (nSPS) is 17.4. The van der Waals surface area contributed by atoms with Crippen molar-refractivity contribution in [2.45, 2.75) is 39.0 Å². The Morgan fingerprint density at radius 1 is 1.36 bits per heavy atom. The largest absolute Gasteiger partial charge is 0.343 e. The van der Waals surface area contributed by atoms with Gasteiger partial charge in [-0.1, -0.05) is 13.3 Å². The van der Waals surface area contributed by atoms with E-state index in [0.29, 0.717) is 5.91 Å². The van der Waals surface area contributed by atoms with Gasteiger partial charge in [0, 0.05) is 19.5 Å². The van der Waals surface area contributed by atoms with Crippen molar-refractivity contribution in [1.82, 2.24) is 4.90 Å². The zero-order valence-corrected chi connectivity index (χ0v) is 7.31. The molecule has 0 atom stereocenters. The number of hydrogen-bond donors (Lipinski definition) is 0. The highest BCUT2D eigenvalue weighted by Crippen LogP contribution is 2.10. The first-order chi connectivity index (χ1) is 5.34. The molecule has 0 aromatic carbocycles. The van der Waals surface area contributed by atoms with Gasteiger partial charge in [0.2, 0.25) is 5.91 Å². The second-order valence-electron chi connectivity index (χ2n) is 3.19. The molecule has 0 aromatic heterocycles. The van der Waals surface area contributed by atoms with Crippen LogP contribution in [0.3, 0.4) is 0 Å². The Labute approximate surface area is 68.6 Å². The van der Waals surface area contributed by atoms with Gasteiger partial charge in [0.1, 0.15) is 0 Å². The lowest BCUT2D eigenvalue weighted by atomic mass is 10.2. The predicted molar refractivity (Wildman–Crippen MR) is 45.3 cm³/mol. The highest BCUT2D eigenvalue weighted by Gasteiger charge is 2.16. The van der Waals surface area contributed by atoms with E-state index in [2.05, 4.69) is 6.92 Å². The molecule has 0 spiro atoms. The number of carbonyl (C=O) groups excluding carboxylic acids is 1. The van der Waals surface area contributed by atoms with Crippen molar-refractivity contribution in [2.75, 3.05) is 13.1 Å². The third kappa shape index (κ3) is 2.52. The molecule has 0 unspecified atom stereocenters. The Kier molecular flexibility index (Phi) is 3.40. The molecular formula is C9H17NO. The second-order valence-corrected chi connectivity index (χ2v) is 3.19. The van der Waals surface area contributed by atoms with Crippen molar-refractivity contribution < 1.29 is 4.79 Å². The van der Waals surface area contributed by atoms with Crippen molar-refractivity contribution >= 4 is 5.91 Å². The summed E-state index contributed by atoms with van der Waals surface area (Å²) < 4.78 is 0. The van der Waals surface area contributed by atoms with Crippen LogP contribution in [-0.4, -0.2) is 23.9 Å². The van der Waals surface area contributed by atoms with Gasteiger partial charge in [-0.2, -0.15) is 0 Å². The number of likely N-dealkylation sites (tertiary alicyclic amines) is 1. The van der Waals surface area contributed by atoms with E-state index in [0.717, 1.165) is 32.4 Å². The van der Waals surface area contributed by atoms with Gasteiger partial charge < -0.3 is 4.90 Å². The topological polar surface area (TPSA) is 20.3 Å². The summed E-state index contributed by atoms with van der Waals surface area (Å²) >= 11 is 0. The minimum atomic E-state index is 0.365. The summed E-state index contributed by atoms with van der Waals surface area (Å²) in [7, 11) is 0. The highest BCUT2D eigenvalue weighted by molar-refractivity contribution is 5.76. The molecule has 0 aliphatic carbocycles. The number of hydrogen-bond acceptors (Lipinski definition) is 1. The standard InChI is InChI=1S/C9H17NO/c1-2-3-6-9(11)10-7-4-5-8-10/h2-8H2,1H3. The van der Waals surface area contributed by atoms with E-state index in [1.54, 1.807) is 0 Å². The maximum atomic E-state index is 11.3. The van der Waals surface area contributed by atoms with E-state index < -0.39 is 0 Å². The number of carbonyl (C=O) groups is 1. The number of amides is 1. The lowest BCUT2D eigenvalue weighted by Gasteiger charge is -2.14. The molecule has 0 N–H and O–H groups in total. The average Bonchev–Trinajstić information content (AvgIpc) is 2.52. The van der Waals surface area contributed by atoms with E-state index in [4.69, 9.17) is 0 Å². The quantitative estimate of drug-likeness (QED) is 0.608. The summed E-state index contributed by atoms with van der Waals surface area (Å²) in [5, 5.41) is 0. The molecule has 0 saturated carbocycles. The fourth-order valence-electron chi connectivity index (χ4n) is 1.45. The Morgan fingerprint density at radius 2 is 2.00 bits per heavy atom. The SMILES string of the molecule is CCCCC(=O)N1CCCC1. The zero-order chi connectivity index (χ0) is 8.10. The van der Waals surface area contributed by atoms with Crippen LogP contribution in [0.1, 0.15) is 39.0 Å². The van der Waals surface area contributed by atoms with Crippen LogP contribution >= 0.6 is 0 Å². The molecule has 1 fully saturated rings. The van der Waals surface area contributed by atoms with Crippen LogP contribution in [0.15, 0.2) is 0 Å². The molecule has 1 amide bonds. The van der Waals surface area contributed by atoms with Gasteiger partial charge >= 0.3 is 0 Å². The molecule has 2 heteroatoms. The molecule has 0 radical (unpaired) electrons. The van der Waals surface area contributed by atoms with E-state index in [1.807, 2.05) is 4.90 Å². The molecule has 11 heavy (non-hydrogen) atoms. The molecule has 1 heterocycles. The minimum absolute atomic E-state index is 0.365. The second kappa shape index (κ2) is 4.37. The third-order valence-electron chi connectivity index (χ3n) is 2.20. The van der Waals surface area contributed by atoms with Gasteiger partial charge in [0.05, 0.1) is 0 Å². The van der Waals surface area contributed by atoms with Crippen LogP contribution in [0.2, 0.25) is 0 Å². The molecule has 64 valence electrons. The lowest BCUT2D eigenvalue weighted by molar-refractivity contribution is -0.130. The summed E-state index contributed by atoms with van der Waals surface area (Å²) in [6.07, 6.45) is 5.35. The highest BCUT2D eigenvalue weighted by atomic mass is 16.2. The van der Waals surface area contributed by atoms with Crippen molar-refractivity contribution in [1.29, 1.82) is 0 Å². The molecule has 1 aliphatic heterocycles. The third-order valence-corrected chi connectivity index (χ3v) is 2.20. The van der Waals surface area contributed by atoms with Crippen LogP contribution < -0.4 is 0 Å². The van der Waals surface area contributed by atoms with Gasteiger partial charge in [-0.25, -0.2) is 0 Å². The minimum Gasteiger partial charge on any atom is -0.343 e. The van der Waals surface area contributed by atoms with Crippen LogP contribution in [0.5, 0.6) is 0 Å². The van der Waals surface area contributed by atoms with E-state index >= 15 is 0 Å². The zero-order valence-electron chi connectivity index (χ0n) is 7.31. The molecule has 1 rings (SSSR count). The summed E-state index contributed by atoms with van der Waals surface area (Å²) in [6.45, 7) is 4.13. The van der Waals surface area contributed by atoms with Gasteiger partial charge in [0.25, 0.3) is 0 Å². The van der Waals surface area contributed by atoms with Gasteiger partial charge in [-0.05, 0) is 19.3 Å². The number of rotatable bonds is 3. The van der Waals surface area contributed by atoms with Crippen molar-refractivity contribution in [2.24, 2.45) is 0 Å². The fourth-order valence-corrected chi connectivity index (χ4v) is 1.45. The molecule has 1 saturated heterocycles. The average molecular weight is 155 g/mol. The Hall–Kier alpha value is -0.530. The Bertz CT molecular complexity index is 128. The van der Waals surface area contributed by atoms with Crippen LogP contribution in [-0.2, 0) is 4.79 Å². The number of nitrogens with zero attached hydrogens (tertiary/aromatic N) is 1. The summed E-state index contributed by atoms with van der Waals surface area (Å²) in [4.78, 5) is 13.3. The first-order valence-electron chi connectivity index (χ1n) is 4.62. The van der Waals surface area contributed by atoms with Gasteiger partial charge in [-0.15, -0.1) is 0 Å². The first-order valence-corrected chi connectivity index (χ1v) is 4.62. The molecule has 0 aromatic rings. The summed E-state index contributed by atoms with van der Waals surface area (Å²) in [6, 6.07) is 0. The van der Waals surface area contributed by atoms with Crippen LogP contribution in [0, 0.1) is 0 Å². The van der Waals surface area contributed by atoms with Gasteiger partial charge in [-0.3, -0.25) is 4.79 Å². The monoisotopic (exact) mass is 155 g/mol. The van der Waals surface area contributed by atoms with Crippen molar-refractivity contribution in [3.63, 3.8) is 0 Å². The molecular weight excluding hydrogens is 138 g/mol. The molecule has 0 bridgehead atoms. The van der Waals surface area contributed by atoms with Crippen molar-refractivity contribution in [3.8, 4) is 0 Å². The Balaban J connectivity index is 2.17. The predicted octanol–water partition coefficient (Wildman–Crippen LogP) is 1.80. The molecule has 1 aliphatic rings. The lowest BCUT2D eigenvalue weighted by Crippen LogP contribution is -2.27. The maximum absolute atomic E-state index is 11.3. The van der Waals surface area contributed by atoms with Crippen LogP contribution in [0.25, 0.3) is 0 Å². The number of unbranched alkanes of at least 4 members (excludes halogenated alkanes) is 1. The smallest absolute Gasteiger partial charge is 0.222 e. The first kappa shape index (κ1) is 8.57. The fraction of sp³-hybridized carbons (Fsp3) is 0.889. The summed E-state index contributed by atoms with van der Waals surface area (Å²) in [5.41, 5.74) is 0. The van der Waals surface area contributed by atoms with Gasteiger partial charge in [0.15, 0.2) is 0 Å². The Morgan fingerprint density at radius 3 is 2.55 bits per heavy atom. The van der Waals surface area contributed by atoms with E-state index in [-0.39, 0.29) is 0 Å². The van der Waals surface area contributed by atoms with E-state index in [1.165, 1.54) is 12.8 Å². The maximum Gasteiger partial charge on any atom is 0.222 e. The summed E-state index contributed by atoms with van der Waals surface area (Å²) in [5.74, 6) is 0.365. The van der Waals surface area contributed by atoms with E-state index in [9.17, 15) is 4.79 Å². The van der Waals surface area contributed by atoms with Crippen molar-refractivity contribution in [3.05, 3.63) is 0 Å².